The average molecular weight is 1340 g/mol. The highest BCUT2D eigenvalue weighted by Crippen LogP contribution is 2.36. The summed E-state index contributed by atoms with van der Waals surface area (Å²) in [6, 6.07) is -1.65. The number of piperidine rings is 3. The third-order valence-corrected chi connectivity index (χ3v) is 16.1. The van der Waals surface area contributed by atoms with Crippen LogP contribution in [0.25, 0.3) is 30.6 Å². The molecule has 9 heterocycles. The van der Waals surface area contributed by atoms with Crippen LogP contribution in [0.15, 0.2) is 97.7 Å². The zero-order valence-corrected chi connectivity index (χ0v) is 50.7. The van der Waals surface area contributed by atoms with Crippen LogP contribution in [-0.4, -0.2) is 141 Å². The van der Waals surface area contributed by atoms with Gasteiger partial charge in [-0.25, -0.2) is 38.7 Å². The minimum Gasteiger partial charge on any atom is -0.367 e. The second kappa shape index (κ2) is 30.6. The molecule has 6 aromatic heterocycles. The minimum absolute atomic E-state index is 0.0111. The number of anilines is 3. The molecule has 0 radical (unpaired) electrons. The Kier molecular flexibility index (Phi) is 10.6. The lowest BCUT2D eigenvalue weighted by Crippen LogP contribution is -2.38. The van der Waals surface area contributed by atoms with Crippen molar-refractivity contribution in [3.05, 3.63) is 157 Å². The Hall–Kier alpha value is -7.38. The van der Waals surface area contributed by atoms with E-state index in [9.17, 15) is 23.2 Å². The normalized spacial score (nSPS) is 28.3. The van der Waals surface area contributed by atoms with Crippen molar-refractivity contribution < 1.29 is 79.6 Å². The number of nitrogens with one attached hydrogen (secondary N) is 6. The fourth-order valence-corrected chi connectivity index (χ4v) is 11.0. The summed E-state index contributed by atoms with van der Waals surface area (Å²) in [7, 11) is 0. The Bertz CT molecular complexity index is 5850. The fourth-order valence-electron chi connectivity index (χ4n) is 8.26. The molecular weight excluding hydrogens is 1220 g/mol. The van der Waals surface area contributed by atoms with Crippen LogP contribution in [0.3, 0.4) is 0 Å². The Labute approximate surface area is 599 Å². The predicted octanol–water partition coefficient (Wildman–Crippen LogP) is 12.6. The first-order valence-corrected chi connectivity index (χ1v) is 29.3. The van der Waals surface area contributed by atoms with Crippen molar-refractivity contribution >= 4 is 111 Å². The number of fused-ring (bicyclic) bond motifs is 3. The summed E-state index contributed by atoms with van der Waals surface area (Å²) in [6.45, 7) is -13.0. The molecule has 0 bridgehead atoms. The van der Waals surface area contributed by atoms with Gasteiger partial charge >= 0.3 is 0 Å². The van der Waals surface area contributed by atoms with Gasteiger partial charge in [0.2, 0.25) is 0 Å². The first-order chi connectivity index (χ1) is 59.4. The zero-order chi connectivity index (χ0) is 99.3. The Balaban J connectivity index is 0.000000204. The second-order valence-corrected chi connectivity index (χ2v) is 23.1. The van der Waals surface area contributed by atoms with Gasteiger partial charge in [0.1, 0.15) is 65.3 Å². The number of likely N-dealkylation sites (tertiary alicyclic amines) is 3. The summed E-state index contributed by atoms with van der Waals surface area (Å²) in [4.78, 5) is 64.9. The van der Waals surface area contributed by atoms with E-state index in [0.29, 0.717) is 10.2 Å². The maximum absolute atomic E-state index is 14.5. The lowest BCUT2D eigenvalue weighted by molar-refractivity contribution is 0.0950. The first-order valence-electron chi connectivity index (χ1n) is 46.9. The Morgan fingerprint density at radius 3 is 1.48 bits per heavy atom. The summed E-state index contributed by atoms with van der Waals surface area (Å²) in [6.07, 6.45) is -17.7. The first kappa shape index (κ1) is 31.3. The van der Waals surface area contributed by atoms with Crippen molar-refractivity contribution in [2.75, 3.05) is 76.1 Å². The molecule has 3 aliphatic heterocycles. The molecule has 12 rings (SSSR count). The van der Waals surface area contributed by atoms with Crippen LogP contribution in [0.5, 0.6) is 0 Å². The molecule has 3 atom stereocenters. The summed E-state index contributed by atoms with van der Waals surface area (Å²) in [5, 5.41) is -0.798. The van der Waals surface area contributed by atoms with E-state index < -0.39 is 235 Å². The van der Waals surface area contributed by atoms with Crippen molar-refractivity contribution in [1.29, 1.82) is 0 Å². The van der Waals surface area contributed by atoms with E-state index in [1.165, 1.54) is 19.9 Å². The van der Waals surface area contributed by atoms with Crippen LogP contribution in [0, 0.1) is 11.6 Å². The number of rotatable bonds is 17. The molecule has 3 aliphatic rings. The van der Waals surface area contributed by atoms with Gasteiger partial charge in [0, 0.05) is 149 Å². The van der Waals surface area contributed by atoms with E-state index in [4.69, 9.17) is 68.0 Å². The molecule has 3 saturated heterocycles. The van der Waals surface area contributed by atoms with Crippen molar-refractivity contribution in [2.24, 2.45) is 0 Å². The van der Waals surface area contributed by atoms with E-state index >= 15 is 0 Å². The number of benzene rings is 3. The number of amides is 3. The molecule has 6 N–H and O–H groups in total. The number of carbonyl (C=O) groups is 3. The molecule has 3 fully saturated rings. The Morgan fingerprint density at radius 1 is 0.611 bits per heavy atom. The van der Waals surface area contributed by atoms with Crippen LogP contribution in [0.4, 0.5) is 26.2 Å². The van der Waals surface area contributed by atoms with E-state index in [1.807, 2.05) is 0 Å². The van der Waals surface area contributed by atoms with Gasteiger partial charge in [0.15, 0.2) is 8.47 Å². The molecule has 0 aliphatic carbocycles. The highest BCUT2D eigenvalue weighted by molar-refractivity contribution is 7.22. The van der Waals surface area contributed by atoms with Crippen LogP contribution in [-0.2, 0) is 19.6 Å². The van der Waals surface area contributed by atoms with Gasteiger partial charge in [-0.3, -0.25) is 29.1 Å². The van der Waals surface area contributed by atoms with Crippen LogP contribution in [0.1, 0.15) is 183 Å². The highest BCUT2D eigenvalue weighted by atomic mass is 35.5. The largest absolute Gasteiger partial charge is 0.367 e. The SMILES string of the molecule is [2H]c1ccc(C([2H])N2CC([2H])([2H])C([2H])(N([2H])c3ncnc4sc(C([2H])(C)C)c([2H])c34)C([2H])([2H])C2)cc1C(=O)N([2H])C([2H])([2H])[2H].[2H]c1nc(N([2H])C2([2H])C([2H])([2H])CN(C([2H])c3ccc(F)c(C(=O)N([2H])C([2H])([2H])[2H])c3)CC2([2H])[2H])c2c([2H])c(C([2H])(C)C)sc2n1.[2H]c1nc(N([2H])C2([2H])C([2H])([2H])CN(C([2H])c3ccc(F)c(C(=O)N([2H])C([2H])([2H])[2H])c3)CC2([2H])[2H])c2c([2H])c(Cl)sc2n1. The van der Waals surface area contributed by atoms with Crippen molar-refractivity contribution in [2.45, 2.75) is 115 Å². The molecule has 24 heteroatoms. The third-order valence-electron chi connectivity index (χ3n) is 12.6. The molecule has 474 valence electrons. The molecule has 9 aromatic rings. The molecule has 90 heavy (non-hydrogen) atoms. The standard InChI is InChI=1S/C23H28FN5OS.C23H29N5OS.C20H21ClFN5OS/c1-14(2)20-11-18-21(26-13-27-23(18)31-20)28-16-6-8-29(9-7-16)12-15-4-5-19(24)17(10-15)22(30)25-3;1-15(2)20-12-19-21(25-14-26-23(19)30-20)27-18-7-9-28(10-8-18)13-16-5-4-6-17(11-16)22(29)24-3;1-23-19(28)14-8-12(2-3-16(14)22)10-27-6-4-13(5-7-27)26-18-15-9-17(21)29-20(15)25-11-24-18/h4-5,10-11,13-14,16H,6-9,12H2,1-3H3,(H,25,30)(H,26,27,28);4-6,11-12,14-15,18H,7-10,13H2,1-3H3,(H,24,29)(H,25,26,27);2-3,8-9,11,13H,4-7,10H2,1H3,(H,23,28)(H,24,25,26)/i3D3,6D2,7D2,11D,12D,13D,14D,16D;3D3,6D,7D2,8D2,12D,13D,15D,18D;1D3,4D2,5D2,9D,10D,11D,13D/hD6. The summed E-state index contributed by atoms with van der Waals surface area (Å²) < 4.78 is 367. The molecule has 3 aromatic carbocycles. The lowest BCUT2D eigenvalue weighted by atomic mass is 10.0. The van der Waals surface area contributed by atoms with Crippen LogP contribution < -0.4 is 31.9 Å². The van der Waals surface area contributed by atoms with Gasteiger partial charge in [-0.2, -0.15) is 0 Å². The monoisotopic (exact) mass is 1340 g/mol. The maximum atomic E-state index is 14.5. The number of aromatic nitrogens is 6. The van der Waals surface area contributed by atoms with Crippen molar-refractivity contribution in [3.63, 3.8) is 0 Å². The molecule has 3 unspecified atom stereocenters. The number of nitrogens with zero attached hydrogens (tertiary/aromatic N) is 9. The Morgan fingerprint density at radius 2 is 1.02 bits per heavy atom. The van der Waals surface area contributed by atoms with E-state index in [0.717, 1.165) is 104 Å². The quantitative estimate of drug-likeness (QED) is 0.0501. The second-order valence-electron chi connectivity index (χ2n) is 19.5. The molecule has 18 nitrogen and oxygen atoms in total. The number of hydrogen-bond acceptors (Lipinski definition) is 18. The van der Waals surface area contributed by atoms with Crippen molar-refractivity contribution in [3.8, 4) is 0 Å². The molecule has 0 saturated carbocycles. The maximum Gasteiger partial charge on any atom is 0.254 e. The van der Waals surface area contributed by atoms with Crippen molar-refractivity contribution in [1.82, 2.24) is 60.5 Å². The number of thiophene rings is 3. The summed E-state index contributed by atoms with van der Waals surface area (Å²) >= 11 is 8.73. The average Bonchev–Trinajstić information content (AvgIpc) is 1.68. The van der Waals surface area contributed by atoms with Crippen LogP contribution in [0.2, 0.25) is 12.8 Å². The van der Waals surface area contributed by atoms with Crippen LogP contribution >= 0.6 is 45.6 Å². The van der Waals surface area contributed by atoms with Gasteiger partial charge in [0.05, 0.1) is 41.2 Å². The third kappa shape index (κ3) is 16.8. The smallest absolute Gasteiger partial charge is 0.254 e. The van der Waals surface area contributed by atoms with Gasteiger partial charge in [0.25, 0.3) is 17.7 Å². The number of hydrogen-bond donors (Lipinski definition) is 6. The summed E-state index contributed by atoms with van der Waals surface area (Å²) in [5.41, 5.74) is -2.52. The van der Waals surface area contributed by atoms with Gasteiger partial charge in [-0.15, -0.1) is 34.0 Å². The van der Waals surface area contributed by atoms with Gasteiger partial charge < -0.3 is 31.9 Å². The molecule has 3 amide bonds. The zero-order valence-electron chi connectivity index (χ0n) is 88.5. The predicted molar refractivity (Wildman–Crippen MR) is 361 cm³/mol. The highest BCUT2D eigenvalue weighted by Gasteiger charge is 2.26. The van der Waals surface area contributed by atoms with E-state index in [2.05, 4.69) is 29.9 Å². The van der Waals surface area contributed by atoms with Gasteiger partial charge in [-0.1, -0.05) is 63.6 Å². The topological polar surface area (TPSA) is 210 Å². The number of halogens is 3. The van der Waals surface area contributed by atoms with E-state index in [-0.39, 0.29) is 96.4 Å². The lowest BCUT2D eigenvalue weighted by Gasteiger charge is -2.32. The molecule has 0 spiro atoms. The minimum atomic E-state index is -3.21. The fraction of sp³-hybridized carbons (Fsp3) is 0.409. The number of carbonyl (C=O) groups excluding carboxylic acids is 3. The van der Waals surface area contributed by atoms with E-state index in [1.54, 1.807) is 13.8 Å². The summed E-state index contributed by atoms with van der Waals surface area (Å²) in [5.74, 6) is -10.8. The van der Waals surface area contributed by atoms with Gasteiger partial charge in [-0.05, 0) is 121 Å². The molecular formula is C66H78ClF2N15O3S3.